The Kier molecular flexibility index (Phi) is 10.7. The highest BCUT2D eigenvalue weighted by Crippen LogP contribution is 2.34. The molecule has 0 saturated carbocycles. The van der Waals surface area contributed by atoms with Gasteiger partial charge in [0.25, 0.3) is 0 Å². The van der Waals surface area contributed by atoms with Crippen LogP contribution in [0.3, 0.4) is 0 Å². The maximum Gasteiger partial charge on any atom is 0.407 e. The molecule has 9 nitrogen and oxygen atoms in total. The molecule has 1 fully saturated rings. The highest BCUT2D eigenvalue weighted by molar-refractivity contribution is 5.91. The Morgan fingerprint density at radius 1 is 1.05 bits per heavy atom. The summed E-state index contributed by atoms with van der Waals surface area (Å²) in [5.41, 5.74) is 3.79. The number of benzene rings is 2. The van der Waals surface area contributed by atoms with E-state index in [1.807, 2.05) is 43.3 Å². The van der Waals surface area contributed by atoms with E-state index in [0.29, 0.717) is 18.8 Å². The van der Waals surface area contributed by atoms with Crippen LogP contribution < -0.4 is 10.1 Å². The van der Waals surface area contributed by atoms with Crippen LogP contribution in [0.2, 0.25) is 0 Å². The number of carbonyl (C=O) groups is 3. The molecule has 4 bridgehead atoms. The first-order valence-corrected chi connectivity index (χ1v) is 15.9. The predicted molar refractivity (Wildman–Crippen MR) is 168 cm³/mol. The molecule has 0 spiro atoms. The summed E-state index contributed by atoms with van der Waals surface area (Å²) in [5, 5.41) is 3.68. The fourth-order valence-corrected chi connectivity index (χ4v) is 6.09. The molecule has 0 aliphatic carbocycles. The molecule has 2 aromatic carbocycles. The number of aryl methyl sites for hydroxylation is 1. The lowest BCUT2D eigenvalue weighted by atomic mass is 10.0. The van der Waals surface area contributed by atoms with Crippen molar-refractivity contribution in [1.29, 1.82) is 0 Å². The van der Waals surface area contributed by atoms with Gasteiger partial charge >= 0.3 is 12.1 Å². The topological polar surface area (TPSA) is 107 Å². The number of hydrogen-bond donors (Lipinski definition) is 1. The third-order valence-corrected chi connectivity index (χ3v) is 8.50. The molecular weight excluding hydrogens is 558 g/mol. The van der Waals surface area contributed by atoms with Gasteiger partial charge in [0.2, 0.25) is 5.91 Å². The first-order valence-electron chi connectivity index (χ1n) is 15.9. The normalized spacial score (nSPS) is 21.8. The van der Waals surface area contributed by atoms with E-state index < -0.39 is 30.3 Å². The van der Waals surface area contributed by atoms with E-state index in [9.17, 15) is 14.4 Å². The van der Waals surface area contributed by atoms with Crippen LogP contribution in [0.15, 0.2) is 54.6 Å². The number of carbonyl (C=O) groups excluding carboxylic acids is 3. The highest BCUT2D eigenvalue weighted by Gasteiger charge is 2.44. The first kappa shape index (κ1) is 31.3. The number of methoxy groups -OCH3 is 1. The van der Waals surface area contributed by atoms with E-state index in [1.54, 1.807) is 0 Å². The van der Waals surface area contributed by atoms with Crippen molar-refractivity contribution < 1.29 is 28.6 Å². The fourth-order valence-electron chi connectivity index (χ4n) is 6.09. The number of cyclic esters (lactones) is 1. The third kappa shape index (κ3) is 7.68. The second-order valence-corrected chi connectivity index (χ2v) is 11.7. The van der Waals surface area contributed by atoms with Gasteiger partial charge in [0, 0.05) is 23.4 Å². The van der Waals surface area contributed by atoms with E-state index in [2.05, 4.69) is 23.5 Å². The minimum atomic E-state index is -0.828. The Morgan fingerprint density at radius 3 is 2.64 bits per heavy atom. The van der Waals surface area contributed by atoms with Gasteiger partial charge in [-0.25, -0.2) is 14.6 Å². The van der Waals surface area contributed by atoms with Gasteiger partial charge < -0.3 is 24.4 Å². The highest BCUT2D eigenvalue weighted by atomic mass is 16.5. The van der Waals surface area contributed by atoms with Gasteiger partial charge in [0.05, 0.1) is 31.5 Å². The second kappa shape index (κ2) is 15.0. The van der Waals surface area contributed by atoms with Crippen molar-refractivity contribution in [3.63, 3.8) is 0 Å². The van der Waals surface area contributed by atoms with Crippen LogP contribution in [0.5, 0.6) is 5.75 Å². The number of rotatable bonds is 5. The molecule has 2 amide bonds. The predicted octanol–water partition coefficient (Wildman–Crippen LogP) is 6.21. The summed E-state index contributed by atoms with van der Waals surface area (Å²) in [6.45, 7) is 2.51. The quantitative estimate of drug-likeness (QED) is 0.346. The number of ether oxygens (including phenoxy) is 3. The van der Waals surface area contributed by atoms with Crippen molar-refractivity contribution in [2.45, 2.75) is 89.3 Å². The lowest BCUT2D eigenvalue weighted by molar-refractivity contribution is -0.151. The lowest BCUT2D eigenvalue weighted by Crippen LogP contribution is -2.52. The van der Waals surface area contributed by atoms with Gasteiger partial charge in [-0.15, -0.1) is 0 Å². The Balaban J connectivity index is 1.51. The number of esters is 1. The minimum absolute atomic E-state index is 0.183. The smallest absolute Gasteiger partial charge is 0.407 e. The zero-order chi connectivity index (χ0) is 30.9. The summed E-state index contributed by atoms with van der Waals surface area (Å²) in [4.78, 5) is 46.0. The number of fused-ring (bicyclic) bond motifs is 3. The summed E-state index contributed by atoms with van der Waals surface area (Å²) in [5.74, 6) is -0.179. The number of nitrogens with zero attached hydrogens (tertiary/aromatic N) is 2. The average molecular weight is 602 g/mol. The molecule has 234 valence electrons. The Hall–Kier alpha value is -4.14. The number of pyridine rings is 1. The summed E-state index contributed by atoms with van der Waals surface area (Å²) in [6, 6.07) is 16.6. The van der Waals surface area contributed by atoms with Gasteiger partial charge in [-0.2, -0.15) is 0 Å². The molecule has 1 saturated heterocycles. The summed E-state index contributed by atoms with van der Waals surface area (Å²) >= 11 is 0. The van der Waals surface area contributed by atoms with Crippen molar-refractivity contribution in [1.82, 2.24) is 15.2 Å². The lowest BCUT2D eigenvalue weighted by Gasteiger charge is -2.27. The molecule has 9 heteroatoms. The van der Waals surface area contributed by atoms with Crippen LogP contribution in [0.4, 0.5) is 4.79 Å². The number of amides is 2. The molecule has 0 unspecified atom stereocenters. The van der Waals surface area contributed by atoms with Gasteiger partial charge in [0.15, 0.2) is 0 Å². The van der Waals surface area contributed by atoms with Crippen molar-refractivity contribution in [2.24, 2.45) is 0 Å². The van der Waals surface area contributed by atoms with Crippen LogP contribution >= 0.6 is 0 Å². The van der Waals surface area contributed by atoms with E-state index >= 15 is 0 Å². The molecule has 1 N–H and O–H groups in total. The maximum atomic E-state index is 13.9. The maximum absolute atomic E-state index is 13.9. The van der Waals surface area contributed by atoms with Gasteiger partial charge in [0.1, 0.15) is 23.9 Å². The van der Waals surface area contributed by atoms with Crippen molar-refractivity contribution >= 4 is 28.9 Å². The molecular formula is C35H43N3O6. The summed E-state index contributed by atoms with van der Waals surface area (Å²) in [7, 11) is 1.32. The zero-order valence-electron chi connectivity index (χ0n) is 25.8. The second-order valence-electron chi connectivity index (χ2n) is 11.7. The van der Waals surface area contributed by atoms with E-state index in [-0.39, 0.29) is 18.9 Å². The van der Waals surface area contributed by atoms with Crippen molar-refractivity contribution in [3.8, 4) is 17.0 Å². The molecule has 44 heavy (non-hydrogen) atoms. The van der Waals surface area contributed by atoms with Crippen molar-refractivity contribution in [2.75, 3.05) is 20.3 Å². The fraction of sp³-hybridized carbons (Fsp3) is 0.486. The van der Waals surface area contributed by atoms with E-state index in [4.69, 9.17) is 19.2 Å². The molecule has 3 atom stereocenters. The monoisotopic (exact) mass is 601 g/mol. The Labute approximate surface area is 259 Å². The third-order valence-electron chi connectivity index (χ3n) is 8.50. The van der Waals surface area contributed by atoms with Gasteiger partial charge in [-0.1, -0.05) is 75.4 Å². The summed E-state index contributed by atoms with van der Waals surface area (Å²) < 4.78 is 17.2. The number of aromatic nitrogens is 1. The standard InChI is InChI=1S/C35H43N3O6/c1-3-4-16-29-33(39)38-23-26(21-31(38)34(40)42-2)44-32-22-30(25-14-10-8-11-15-25)36-28-18-17-24(20-27(28)32)13-9-6-5-7-12-19-43-35(41)37-29/h8,10-11,14-15,17-18,20,22,26,29,31H,3-7,9,12-13,16,19,21,23H2,1-2H3,(H,37,41)/t26-,29+,31+/m1/s1. The van der Waals surface area contributed by atoms with E-state index in [0.717, 1.165) is 73.5 Å². The van der Waals surface area contributed by atoms with Gasteiger partial charge in [-0.05, 0) is 43.4 Å². The van der Waals surface area contributed by atoms with Crippen LogP contribution in [0, 0.1) is 0 Å². The van der Waals surface area contributed by atoms with Crippen LogP contribution in [0.1, 0.15) is 70.3 Å². The Morgan fingerprint density at radius 2 is 1.84 bits per heavy atom. The molecule has 3 heterocycles. The molecule has 3 aromatic rings. The molecule has 2 aliphatic rings. The largest absolute Gasteiger partial charge is 0.488 e. The number of alkyl carbamates (subject to hydrolysis) is 1. The Bertz CT molecular complexity index is 1450. The molecule has 0 radical (unpaired) electrons. The average Bonchev–Trinajstić information content (AvgIpc) is 3.47. The zero-order valence-corrected chi connectivity index (χ0v) is 25.8. The number of hydrogen-bond acceptors (Lipinski definition) is 7. The molecule has 2 aliphatic heterocycles. The van der Waals surface area contributed by atoms with E-state index in [1.165, 1.54) is 17.6 Å². The first-order chi connectivity index (χ1) is 21.5. The van der Waals surface area contributed by atoms with Crippen LogP contribution in [0.25, 0.3) is 22.2 Å². The van der Waals surface area contributed by atoms with Crippen molar-refractivity contribution in [3.05, 3.63) is 60.2 Å². The minimum Gasteiger partial charge on any atom is -0.488 e. The van der Waals surface area contributed by atoms with Crippen LogP contribution in [-0.4, -0.2) is 66.3 Å². The van der Waals surface area contributed by atoms with Crippen LogP contribution in [-0.2, 0) is 25.5 Å². The number of nitrogens with one attached hydrogen (secondary N) is 1. The molecule has 5 rings (SSSR count). The SMILES string of the molecule is CCCC[C@@H]1NC(=O)OCCCCCCCc2ccc3nc(-c4ccccc4)cc(c3c2)O[C@@H]2C[C@@H](C(=O)OC)N(C2)C1=O. The van der Waals surface area contributed by atoms with Gasteiger partial charge in [-0.3, -0.25) is 4.79 Å². The number of unbranched alkanes of at least 4 members (excludes halogenated alkanes) is 1. The summed E-state index contributed by atoms with van der Waals surface area (Å²) in [6.07, 6.45) is 7.08. The molecule has 1 aromatic heterocycles.